The molecule has 10 heteroatoms. The first-order valence-electron chi connectivity index (χ1n) is 12.1. The van der Waals surface area contributed by atoms with Gasteiger partial charge in [-0.15, -0.1) is 0 Å². The number of benzene rings is 2. The van der Waals surface area contributed by atoms with E-state index in [9.17, 15) is 19.2 Å². The average molecular weight is 493 g/mol. The molecule has 0 spiro atoms. The van der Waals surface area contributed by atoms with Crippen molar-refractivity contribution in [1.29, 1.82) is 0 Å². The predicted octanol–water partition coefficient (Wildman–Crippen LogP) is 1.51. The van der Waals surface area contributed by atoms with Gasteiger partial charge in [0.05, 0.1) is 6.54 Å². The Kier molecular flexibility index (Phi) is 7.72. The first kappa shape index (κ1) is 25.0. The van der Waals surface area contributed by atoms with E-state index in [0.717, 1.165) is 12.1 Å². The smallest absolute Gasteiger partial charge is 0.321 e. The van der Waals surface area contributed by atoms with E-state index in [2.05, 4.69) is 16.0 Å². The SMILES string of the molecule is CN(C)c1ccc(C(=O)N2CCN(C(=O)Nc3ccccc3)C[C@@H]2C(=O)N[C@H]2CCCNC2=O)cc1. The van der Waals surface area contributed by atoms with Gasteiger partial charge >= 0.3 is 6.03 Å². The fourth-order valence-electron chi connectivity index (χ4n) is 4.40. The van der Waals surface area contributed by atoms with E-state index in [-0.39, 0.29) is 37.5 Å². The zero-order valence-electron chi connectivity index (χ0n) is 20.6. The third-order valence-electron chi connectivity index (χ3n) is 6.49. The molecule has 0 aromatic heterocycles. The molecule has 2 fully saturated rings. The monoisotopic (exact) mass is 492 g/mol. The van der Waals surface area contributed by atoms with Crippen LogP contribution < -0.4 is 20.9 Å². The van der Waals surface area contributed by atoms with Crippen LogP contribution in [0.2, 0.25) is 0 Å². The Bertz CT molecular complexity index is 1110. The minimum atomic E-state index is -0.934. The predicted molar refractivity (Wildman–Crippen MR) is 137 cm³/mol. The Labute approximate surface area is 210 Å². The summed E-state index contributed by atoms with van der Waals surface area (Å²) in [6, 6.07) is 14.3. The first-order valence-corrected chi connectivity index (χ1v) is 12.1. The van der Waals surface area contributed by atoms with Gasteiger partial charge in [0.25, 0.3) is 5.91 Å². The molecule has 190 valence electrons. The lowest BCUT2D eigenvalue weighted by Gasteiger charge is -2.41. The molecule has 4 rings (SSSR count). The number of anilines is 2. The van der Waals surface area contributed by atoms with Crippen LogP contribution in [-0.4, -0.2) is 85.9 Å². The van der Waals surface area contributed by atoms with E-state index in [1.165, 1.54) is 9.80 Å². The number of piperidine rings is 1. The largest absolute Gasteiger partial charge is 0.378 e. The molecule has 2 aliphatic heterocycles. The summed E-state index contributed by atoms with van der Waals surface area (Å²) in [6.07, 6.45) is 1.29. The summed E-state index contributed by atoms with van der Waals surface area (Å²) in [4.78, 5) is 56.9. The second-order valence-electron chi connectivity index (χ2n) is 9.19. The number of carbonyl (C=O) groups is 4. The summed E-state index contributed by atoms with van der Waals surface area (Å²) < 4.78 is 0. The van der Waals surface area contributed by atoms with Gasteiger partial charge in [-0.3, -0.25) is 14.4 Å². The maximum absolute atomic E-state index is 13.5. The second-order valence-corrected chi connectivity index (χ2v) is 9.19. The van der Waals surface area contributed by atoms with Crippen molar-refractivity contribution in [3.05, 3.63) is 60.2 Å². The molecular weight excluding hydrogens is 460 g/mol. The molecule has 5 amide bonds. The van der Waals surface area contributed by atoms with Crippen LogP contribution in [0.4, 0.5) is 16.2 Å². The van der Waals surface area contributed by atoms with Crippen LogP contribution in [-0.2, 0) is 9.59 Å². The summed E-state index contributed by atoms with van der Waals surface area (Å²) >= 11 is 0. The number of nitrogens with one attached hydrogen (secondary N) is 3. The van der Waals surface area contributed by atoms with E-state index in [1.807, 2.05) is 49.3 Å². The molecule has 2 saturated heterocycles. The maximum atomic E-state index is 13.5. The van der Waals surface area contributed by atoms with Gasteiger partial charge in [0, 0.05) is 50.7 Å². The third-order valence-corrected chi connectivity index (χ3v) is 6.49. The highest BCUT2D eigenvalue weighted by molar-refractivity contribution is 5.99. The van der Waals surface area contributed by atoms with Gasteiger partial charge in [-0.2, -0.15) is 0 Å². The van der Waals surface area contributed by atoms with Crippen molar-refractivity contribution < 1.29 is 19.2 Å². The number of hydrogen-bond donors (Lipinski definition) is 3. The highest BCUT2D eigenvalue weighted by atomic mass is 16.2. The van der Waals surface area contributed by atoms with Crippen molar-refractivity contribution in [3.8, 4) is 0 Å². The number of rotatable bonds is 5. The highest BCUT2D eigenvalue weighted by Crippen LogP contribution is 2.19. The van der Waals surface area contributed by atoms with Gasteiger partial charge in [-0.25, -0.2) is 4.79 Å². The van der Waals surface area contributed by atoms with E-state index in [1.54, 1.807) is 24.3 Å². The highest BCUT2D eigenvalue weighted by Gasteiger charge is 2.39. The van der Waals surface area contributed by atoms with Crippen molar-refractivity contribution in [2.45, 2.75) is 24.9 Å². The lowest BCUT2D eigenvalue weighted by Crippen LogP contribution is -2.64. The number of carbonyl (C=O) groups excluding carboxylic acids is 4. The fourth-order valence-corrected chi connectivity index (χ4v) is 4.40. The Morgan fingerprint density at radius 1 is 1.00 bits per heavy atom. The molecule has 10 nitrogen and oxygen atoms in total. The maximum Gasteiger partial charge on any atom is 0.321 e. The Morgan fingerprint density at radius 3 is 2.39 bits per heavy atom. The van der Waals surface area contributed by atoms with E-state index >= 15 is 0 Å². The molecule has 0 radical (unpaired) electrons. The molecule has 2 aromatic carbocycles. The van der Waals surface area contributed by atoms with Crippen LogP contribution in [0, 0.1) is 0 Å². The molecule has 2 heterocycles. The summed E-state index contributed by atoms with van der Waals surface area (Å²) in [5.74, 6) is -0.981. The summed E-state index contributed by atoms with van der Waals surface area (Å²) in [5, 5.41) is 8.39. The number of para-hydroxylation sites is 1. The zero-order valence-corrected chi connectivity index (χ0v) is 20.6. The molecule has 2 aromatic rings. The zero-order chi connectivity index (χ0) is 25.7. The molecule has 0 saturated carbocycles. The van der Waals surface area contributed by atoms with Gasteiger partial charge in [0.1, 0.15) is 12.1 Å². The van der Waals surface area contributed by atoms with E-state index in [0.29, 0.717) is 24.2 Å². The van der Waals surface area contributed by atoms with Crippen LogP contribution in [0.15, 0.2) is 54.6 Å². The Morgan fingerprint density at radius 2 is 1.72 bits per heavy atom. The van der Waals surface area contributed by atoms with E-state index in [4.69, 9.17) is 0 Å². The van der Waals surface area contributed by atoms with Gasteiger partial charge in [0.15, 0.2) is 0 Å². The van der Waals surface area contributed by atoms with E-state index < -0.39 is 18.0 Å². The van der Waals surface area contributed by atoms with Crippen LogP contribution in [0.5, 0.6) is 0 Å². The molecule has 2 atom stereocenters. The summed E-state index contributed by atoms with van der Waals surface area (Å²) in [5.41, 5.74) is 2.05. The fraction of sp³-hybridized carbons (Fsp3) is 0.385. The van der Waals surface area contributed by atoms with Gasteiger partial charge in [-0.05, 0) is 49.2 Å². The van der Waals surface area contributed by atoms with Gasteiger partial charge < -0.3 is 30.7 Å². The topological polar surface area (TPSA) is 114 Å². The number of urea groups is 1. The third kappa shape index (κ3) is 5.76. The second kappa shape index (κ2) is 11.1. The van der Waals surface area contributed by atoms with Crippen molar-refractivity contribution in [2.75, 3.05) is 50.5 Å². The number of nitrogens with zero attached hydrogens (tertiary/aromatic N) is 3. The lowest BCUT2D eigenvalue weighted by atomic mass is 10.0. The van der Waals surface area contributed by atoms with Gasteiger partial charge in [-0.1, -0.05) is 18.2 Å². The molecule has 3 N–H and O–H groups in total. The van der Waals surface area contributed by atoms with Crippen molar-refractivity contribution in [1.82, 2.24) is 20.4 Å². The minimum Gasteiger partial charge on any atom is -0.378 e. The Balaban J connectivity index is 1.53. The number of hydrogen-bond acceptors (Lipinski definition) is 5. The minimum absolute atomic E-state index is 0.0142. The Hall–Kier alpha value is -4.08. The van der Waals surface area contributed by atoms with Crippen LogP contribution in [0.1, 0.15) is 23.2 Å². The lowest BCUT2D eigenvalue weighted by molar-refractivity contribution is -0.133. The van der Waals surface area contributed by atoms with Crippen LogP contribution in [0.3, 0.4) is 0 Å². The average Bonchev–Trinajstić information content (AvgIpc) is 2.90. The normalized spacial score (nSPS) is 19.8. The number of piperazine rings is 1. The molecular formula is C26H32N6O4. The summed E-state index contributed by atoms with van der Waals surface area (Å²) in [6.45, 7) is 1.05. The quantitative estimate of drug-likeness (QED) is 0.586. The molecule has 0 unspecified atom stereocenters. The summed E-state index contributed by atoms with van der Waals surface area (Å²) in [7, 11) is 3.83. The van der Waals surface area contributed by atoms with Crippen molar-refractivity contribution >= 4 is 35.1 Å². The first-order chi connectivity index (χ1) is 17.3. The molecule has 36 heavy (non-hydrogen) atoms. The van der Waals surface area contributed by atoms with Crippen LogP contribution in [0.25, 0.3) is 0 Å². The number of amides is 5. The van der Waals surface area contributed by atoms with Crippen molar-refractivity contribution in [2.24, 2.45) is 0 Å². The molecule has 2 aliphatic rings. The standard InChI is InChI=1S/C26H32N6O4/c1-30(2)20-12-10-18(11-13-20)25(35)32-16-15-31(26(36)28-19-7-4-3-5-8-19)17-22(32)24(34)29-21-9-6-14-27-23(21)33/h3-5,7-8,10-13,21-22H,6,9,14-17H2,1-2H3,(H,27,33)(H,28,36)(H,29,34)/t21-,22+/m0/s1. The van der Waals surface area contributed by atoms with Crippen molar-refractivity contribution in [3.63, 3.8) is 0 Å². The molecule has 0 bridgehead atoms. The van der Waals surface area contributed by atoms with Crippen LogP contribution >= 0.6 is 0 Å². The van der Waals surface area contributed by atoms with Gasteiger partial charge in [0.2, 0.25) is 11.8 Å². The molecule has 0 aliphatic carbocycles.